The first-order valence-electron chi connectivity index (χ1n) is 6.85. The van der Waals surface area contributed by atoms with E-state index in [4.69, 9.17) is 14.6 Å². The lowest BCUT2D eigenvalue weighted by atomic mass is 10.2. The molecule has 1 unspecified atom stereocenters. The number of hydrogen-bond acceptors (Lipinski definition) is 4. The van der Waals surface area contributed by atoms with Gasteiger partial charge in [0, 0.05) is 6.54 Å². The SMILES string of the molecule is CCOc1cc(CNCCCC(C)O)ccc1OC. The van der Waals surface area contributed by atoms with Gasteiger partial charge >= 0.3 is 0 Å². The predicted octanol–water partition coefficient (Wildman–Crippen LogP) is 2.34. The summed E-state index contributed by atoms with van der Waals surface area (Å²) in [5.74, 6) is 1.55. The van der Waals surface area contributed by atoms with Crippen molar-refractivity contribution < 1.29 is 14.6 Å². The zero-order valence-corrected chi connectivity index (χ0v) is 12.1. The highest BCUT2D eigenvalue weighted by Crippen LogP contribution is 2.27. The van der Waals surface area contributed by atoms with Crippen molar-refractivity contribution in [2.45, 2.75) is 39.3 Å². The standard InChI is InChI=1S/C15H25NO3/c1-4-19-15-10-13(7-8-14(15)18-3)11-16-9-5-6-12(2)17/h7-8,10,12,16-17H,4-6,9,11H2,1-3H3. The van der Waals surface area contributed by atoms with E-state index in [2.05, 4.69) is 5.32 Å². The van der Waals surface area contributed by atoms with Gasteiger partial charge in [0.2, 0.25) is 0 Å². The Balaban J connectivity index is 2.43. The van der Waals surface area contributed by atoms with Crippen LogP contribution in [0.1, 0.15) is 32.3 Å². The second kappa shape index (κ2) is 8.77. The molecular formula is C15H25NO3. The van der Waals surface area contributed by atoms with E-state index in [1.807, 2.05) is 32.0 Å². The summed E-state index contributed by atoms with van der Waals surface area (Å²) >= 11 is 0. The zero-order chi connectivity index (χ0) is 14.1. The Hall–Kier alpha value is -1.26. The zero-order valence-electron chi connectivity index (χ0n) is 12.1. The topological polar surface area (TPSA) is 50.7 Å². The number of nitrogens with one attached hydrogen (secondary N) is 1. The van der Waals surface area contributed by atoms with Crippen molar-refractivity contribution in [2.24, 2.45) is 0 Å². The first-order valence-corrected chi connectivity index (χ1v) is 6.85. The van der Waals surface area contributed by atoms with Crippen LogP contribution in [0.4, 0.5) is 0 Å². The molecule has 1 aromatic rings. The summed E-state index contributed by atoms with van der Waals surface area (Å²) in [5, 5.41) is 12.5. The largest absolute Gasteiger partial charge is 0.493 e. The molecule has 0 fully saturated rings. The molecule has 4 heteroatoms. The summed E-state index contributed by atoms with van der Waals surface area (Å²) in [6.45, 7) is 6.10. The average Bonchev–Trinajstić information content (AvgIpc) is 2.39. The normalized spacial score (nSPS) is 12.2. The number of methoxy groups -OCH3 is 1. The number of rotatable bonds is 9. The van der Waals surface area contributed by atoms with E-state index in [1.165, 1.54) is 5.56 Å². The highest BCUT2D eigenvalue weighted by Gasteiger charge is 2.05. The smallest absolute Gasteiger partial charge is 0.161 e. The second-order valence-electron chi connectivity index (χ2n) is 4.59. The van der Waals surface area contributed by atoms with Crippen molar-refractivity contribution in [1.82, 2.24) is 5.32 Å². The molecule has 0 spiro atoms. The molecule has 0 amide bonds. The number of aliphatic hydroxyl groups excluding tert-OH is 1. The lowest BCUT2D eigenvalue weighted by Crippen LogP contribution is -2.16. The Morgan fingerprint density at radius 3 is 2.74 bits per heavy atom. The summed E-state index contributed by atoms with van der Waals surface area (Å²) in [6.07, 6.45) is 1.60. The minimum atomic E-state index is -0.215. The summed E-state index contributed by atoms with van der Waals surface area (Å²) < 4.78 is 10.8. The Morgan fingerprint density at radius 1 is 1.32 bits per heavy atom. The van der Waals surface area contributed by atoms with E-state index >= 15 is 0 Å². The molecule has 0 aliphatic heterocycles. The Morgan fingerprint density at radius 2 is 2.11 bits per heavy atom. The maximum absolute atomic E-state index is 9.16. The molecule has 0 heterocycles. The minimum Gasteiger partial charge on any atom is -0.493 e. The second-order valence-corrected chi connectivity index (χ2v) is 4.59. The molecule has 108 valence electrons. The fourth-order valence-corrected chi connectivity index (χ4v) is 1.85. The average molecular weight is 267 g/mol. The first-order chi connectivity index (χ1) is 9.17. The van der Waals surface area contributed by atoms with Crippen LogP contribution in [-0.2, 0) is 6.54 Å². The highest BCUT2D eigenvalue weighted by atomic mass is 16.5. The maximum atomic E-state index is 9.16. The van der Waals surface area contributed by atoms with Crippen LogP contribution in [0, 0.1) is 0 Å². The van der Waals surface area contributed by atoms with Gasteiger partial charge in [-0.2, -0.15) is 0 Å². The van der Waals surface area contributed by atoms with Gasteiger partial charge in [0.1, 0.15) is 0 Å². The van der Waals surface area contributed by atoms with E-state index in [1.54, 1.807) is 7.11 Å². The summed E-state index contributed by atoms with van der Waals surface area (Å²) in [7, 11) is 1.64. The number of aliphatic hydroxyl groups is 1. The van der Waals surface area contributed by atoms with Gasteiger partial charge in [0.25, 0.3) is 0 Å². The summed E-state index contributed by atoms with van der Waals surface area (Å²) in [4.78, 5) is 0. The summed E-state index contributed by atoms with van der Waals surface area (Å²) in [6, 6.07) is 5.96. The van der Waals surface area contributed by atoms with Gasteiger partial charge in [-0.3, -0.25) is 0 Å². The third-order valence-corrected chi connectivity index (χ3v) is 2.83. The van der Waals surface area contributed by atoms with Crippen LogP contribution >= 0.6 is 0 Å². The minimum absolute atomic E-state index is 0.215. The van der Waals surface area contributed by atoms with E-state index in [0.29, 0.717) is 6.61 Å². The molecular weight excluding hydrogens is 242 g/mol. The Labute approximate surface area is 115 Å². The van der Waals surface area contributed by atoms with Gasteiger partial charge in [0.05, 0.1) is 19.8 Å². The monoisotopic (exact) mass is 267 g/mol. The van der Waals surface area contributed by atoms with Crippen molar-refractivity contribution in [3.8, 4) is 11.5 Å². The van der Waals surface area contributed by atoms with E-state index in [-0.39, 0.29) is 6.10 Å². The third-order valence-electron chi connectivity index (χ3n) is 2.83. The summed E-state index contributed by atoms with van der Waals surface area (Å²) in [5.41, 5.74) is 1.17. The van der Waals surface area contributed by atoms with Crippen molar-refractivity contribution >= 4 is 0 Å². The van der Waals surface area contributed by atoms with Crippen LogP contribution < -0.4 is 14.8 Å². The molecule has 1 rings (SSSR count). The number of benzene rings is 1. The Bertz CT molecular complexity index is 366. The first kappa shape index (κ1) is 15.8. The van der Waals surface area contributed by atoms with Crippen LogP contribution in [-0.4, -0.2) is 31.5 Å². The fourth-order valence-electron chi connectivity index (χ4n) is 1.85. The van der Waals surface area contributed by atoms with Crippen LogP contribution in [0.3, 0.4) is 0 Å². The van der Waals surface area contributed by atoms with Crippen LogP contribution in [0.5, 0.6) is 11.5 Å². The van der Waals surface area contributed by atoms with Gasteiger partial charge in [0.15, 0.2) is 11.5 Å². The quantitative estimate of drug-likeness (QED) is 0.674. The molecule has 1 atom stereocenters. The van der Waals surface area contributed by atoms with Crippen molar-refractivity contribution in [3.63, 3.8) is 0 Å². The van der Waals surface area contributed by atoms with Gasteiger partial charge < -0.3 is 19.9 Å². The van der Waals surface area contributed by atoms with Gasteiger partial charge in [-0.25, -0.2) is 0 Å². The molecule has 19 heavy (non-hydrogen) atoms. The van der Waals surface area contributed by atoms with Gasteiger partial charge in [-0.15, -0.1) is 0 Å². The molecule has 0 aliphatic carbocycles. The van der Waals surface area contributed by atoms with E-state index in [0.717, 1.165) is 37.4 Å². The maximum Gasteiger partial charge on any atom is 0.161 e. The third kappa shape index (κ3) is 5.94. The van der Waals surface area contributed by atoms with E-state index in [9.17, 15) is 0 Å². The molecule has 0 aliphatic rings. The Kier molecular flexibility index (Phi) is 7.30. The molecule has 1 aromatic carbocycles. The van der Waals surface area contributed by atoms with E-state index < -0.39 is 0 Å². The fraction of sp³-hybridized carbons (Fsp3) is 0.600. The van der Waals surface area contributed by atoms with Crippen molar-refractivity contribution in [2.75, 3.05) is 20.3 Å². The molecule has 4 nitrogen and oxygen atoms in total. The molecule has 2 N–H and O–H groups in total. The number of ether oxygens (including phenoxy) is 2. The van der Waals surface area contributed by atoms with Crippen LogP contribution in [0.15, 0.2) is 18.2 Å². The van der Waals surface area contributed by atoms with Crippen molar-refractivity contribution in [1.29, 1.82) is 0 Å². The molecule has 0 radical (unpaired) electrons. The molecule has 0 saturated carbocycles. The highest BCUT2D eigenvalue weighted by molar-refractivity contribution is 5.42. The molecule has 0 saturated heterocycles. The number of hydrogen-bond donors (Lipinski definition) is 2. The van der Waals surface area contributed by atoms with Crippen LogP contribution in [0.2, 0.25) is 0 Å². The lowest BCUT2D eigenvalue weighted by molar-refractivity contribution is 0.181. The van der Waals surface area contributed by atoms with Crippen molar-refractivity contribution in [3.05, 3.63) is 23.8 Å². The molecule has 0 bridgehead atoms. The van der Waals surface area contributed by atoms with Gasteiger partial charge in [-0.1, -0.05) is 6.07 Å². The van der Waals surface area contributed by atoms with Gasteiger partial charge in [-0.05, 0) is 50.9 Å². The predicted molar refractivity (Wildman–Crippen MR) is 76.8 cm³/mol. The lowest BCUT2D eigenvalue weighted by Gasteiger charge is -2.11. The molecule has 0 aromatic heterocycles. The van der Waals surface area contributed by atoms with Crippen LogP contribution in [0.25, 0.3) is 0 Å².